The highest BCUT2D eigenvalue weighted by Gasteiger charge is 2.25. The van der Waals surface area contributed by atoms with E-state index in [1.807, 2.05) is 45.0 Å². The second kappa shape index (κ2) is 16.1. The Balaban J connectivity index is 0.000000618. The molecule has 0 bridgehead atoms. The van der Waals surface area contributed by atoms with Crippen LogP contribution in [0.4, 0.5) is 0 Å². The largest absolute Gasteiger partial charge is 0.307 e. The highest BCUT2D eigenvalue weighted by molar-refractivity contribution is 7.86. The summed E-state index contributed by atoms with van der Waals surface area (Å²) in [7, 11) is -1.92. The Morgan fingerprint density at radius 2 is 0.881 bits per heavy atom. The van der Waals surface area contributed by atoms with Crippen LogP contribution in [-0.2, 0) is 20.2 Å². The molecular formula is C31H47N2O6PS2. The van der Waals surface area contributed by atoms with Gasteiger partial charge in [-0.05, 0) is 141 Å². The van der Waals surface area contributed by atoms with Crippen molar-refractivity contribution in [1.82, 2.24) is 9.80 Å². The van der Waals surface area contributed by atoms with Crippen molar-refractivity contribution in [3.05, 3.63) is 77.4 Å². The van der Waals surface area contributed by atoms with Crippen LogP contribution in [-0.4, -0.2) is 76.0 Å². The molecule has 0 aliphatic carbocycles. The zero-order valence-electron chi connectivity index (χ0n) is 26.6. The molecule has 234 valence electrons. The number of aryl methyl sites for hydroxylation is 3. The van der Waals surface area contributed by atoms with Crippen molar-refractivity contribution >= 4 is 44.1 Å². The van der Waals surface area contributed by atoms with Gasteiger partial charge in [0.05, 0.1) is 9.79 Å². The fraction of sp³-hybridized carbons (Fsp3) is 0.419. The van der Waals surface area contributed by atoms with Gasteiger partial charge < -0.3 is 9.80 Å². The maximum absolute atomic E-state index is 11.8. The Morgan fingerprint density at radius 1 is 0.571 bits per heavy atom. The lowest BCUT2D eigenvalue weighted by atomic mass is 10.2. The number of hydrogen-bond acceptors (Lipinski definition) is 6. The molecule has 3 aromatic carbocycles. The zero-order valence-corrected chi connectivity index (χ0v) is 29.1. The third kappa shape index (κ3) is 11.5. The maximum atomic E-state index is 11.8. The SMILES string of the molecule is CC(C)N(C)C.CC(C)N(C)C.Cc1ccccc1P(c1cc(S(=O)(=O)O)ccc1C)c1cc(S(=O)(=O)O)ccc1C. The van der Waals surface area contributed by atoms with Crippen LogP contribution in [0.3, 0.4) is 0 Å². The smallest absolute Gasteiger partial charge is 0.294 e. The number of hydrogen-bond donors (Lipinski definition) is 2. The van der Waals surface area contributed by atoms with Gasteiger partial charge in [-0.25, -0.2) is 0 Å². The minimum Gasteiger partial charge on any atom is -0.307 e. The lowest BCUT2D eigenvalue weighted by Gasteiger charge is -2.25. The summed E-state index contributed by atoms with van der Waals surface area (Å²) in [6.07, 6.45) is 0. The molecule has 3 aromatic rings. The summed E-state index contributed by atoms with van der Waals surface area (Å²) >= 11 is 0. The summed E-state index contributed by atoms with van der Waals surface area (Å²) in [5.41, 5.74) is 2.55. The van der Waals surface area contributed by atoms with Crippen molar-refractivity contribution in [2.24, 2.45) is 0 Å². The third-order valence-electron chi connectivity index (χ3n) is 6.86. The molecule has 42 heavy (non-hydrogen) atoms. The van der Waals surface area contributed by atoms with Gasteiger partial charge >= 0.3 is 0 Å². The molecule has 0 radical (unpaired) electrons. The summed E-state index contributed by atoms with van der Waals surface area (Å²) in [5, 5.41) is 2.26. The Kier molecular flexibility index (Phi) is 14.5. The second-order valence-corrected chi connectivity index (χ2v) is 16.0. The van der Waals surface area contributed by atoms with Crippen molar-refractivity contribution in [2.45, 2.75) is 70.3 Å². The fourth-order valence-electron chi connectivity index (χ4n) is 3.18. The first-order valence-electron chi connectivity index (χ1n) is 13.5. The molecule has 0 aliphatic heterocycles. The van der Waals surface area contributed by atoms with Crippen molar-refractivity contribution in [1.29, 1.82) is 0 Å². The Morgan fingerprint density at radius 3 is 1.17 bits per heavy atom. The summed E-state index contributed by atoms with van der Waals surface area (Å²) in [6.45, 7) is 14.3. The quantitative estimate of drug-likeness (QED) is 0.281. The molecule has 0 saturated heterocycles. The van der Waals surface area contributed by atoms with Gasteiger partial charge in [0.25, 0.3) is 20.2 Å². The van der Waals surface area contributed by atoms with E-state index in [0.29, 0.717) is 22.7 Å². The van der Waals surface area contributed by atoms with Crippen LogP contribution in [0.25, 0.3) is 0 Å². The van der Waals surface area contributed by atoms with Crippen LogP contribution in [0, 0.1) is 20.8 Å². The lowest BCUT2D eigenvalue weighted by Crippen LogP contribution is -2.26. The minimum absolute atomic E-state index is 0.229. The van der Waals surface area contributed by atoms with E-state index in [0.717, 1.165) is 22.0 Å². The van der Waals surface area contributed by atoms with Gasteiger partial charge in [-0.15, -0.1) is 0 Å². The number of benzene rings is 3. The Bertz CT molecular complexity index is 1430. The molecule has 0 fully saturated rings. The molecule has 0 aromatic heterocycles. The van der Waals surface area contributed by atoms with Crippen molar-refractivity contribution in [3.63, 3.8) is 0 Å². The average molecular weight is 639 g/mol. The highest BCUT2D eigenvalue weighted by atomic mass is 32.2. The van der Waals surface area contributed by atoms with Crippen molar-refractivity contribution in [2.75, 3.05) is 28.2 Å². The summed E-state index contributed by atoms with van der Waals surface area (Å²) in [5.74, 6) is 0. The van der Waals surface area contributed by atoms with Gasteiger partial charge in [-0.1, -0.05) is 36.4 Å². The molecule has 0 atom stereocenters. The third-order valence-corrected chi connectivity index (χ3v) is 11.5. The zero-order chi connectivity index (χ0) is 32.6. The van der Waals surface area contributed by atoms with Crippen molar-refractivity contribution < 1.29 is 25.9 Å². The normalized spacial score (nSPS) is 12.0. The van der Waals surface area contributed by atoms with E-state index in [1.165, 1.54) is 24.3 Å². The van der Waals surface area contributed by atoms with E-state index in [-0.39, 0.29) is 9.79 Å². The van der Waals surface area contributed by atoms with Crippen LogP contribution in [0.2, 0.25) is 0 Å². The van der Waals surface area contributed by atoms with Gasteiger partial charge in [-0.2, -0.15) is 16.8 Å². The molecule has 2 N–H and O–H groups in total. The van der Waals surface area contributed by atoms with Gasteiger partial charge in [0.15, 0.2) is 0 Å². The molecule has 11 heteroatoms. The van der Waals surface area contributed by atoms with E-state index < -0.39 is 28.2 Å². The van der Waals surface area contributed by atoms with E-state index >= 15 is 0 Å². The Hall–Kier alpha value is -2.17. The first-order chi connectivity index (χ1) is 19.2. The van der Waals surface area contributed by atoms with E-state index in [4.69, 9.17) is 0 Å². The summed E-state index contributed by atoms with van der Waals surface area (Å²) < 4.78 is 66.2. The highest BCUT2D eigenvalue weighted by Crippen LogP contribution is 2.37. The standard InChI is InChI=1S/C21H21O6PS2.2C5H13N/c1-14-6-4-5-7-19(14)28(20-12-17(29(22,23)24)10-8-15(20)2)21-13-18(30(25,26)27)11-9-16(21)3;2*1-5(2)6(3)4/h4-13H,1-3H3,(H,22,23,24)(H,25,26,27);2*5H,1-4H3. The van der Waals surface area contributed by atoms with Crippen LogP contribution in [0.15, 0.2) is 70.5 Å². The number of nitrogens with zero attached hydrogens (tertiary/aromatic N) is 2. The molecule has 0 saturated carbocycles. The molecule has 3 rings (SSSR count). The lowest BCUT2D eigenvalue weighted by molar-refractivity contribution is 0.335. The molecule has 0 amide bonds. The van der Waals surface area contributed by atoms with Gasteiger partial charge in [0.1, 0.15) is 0 Å². The van der Waals surface area contributed by atoms with E-state index in [2.05, 4.69) is 65.7 Å². The molecule has 0 unspecified atom stereocenters. The summed E-state index contributed by atoms with van der Waals surface area (Å²) in [4.78, 5) is 3.88. The molecule has 0 heterocycles. The maximum Gasteiger partial charge on any atom is 0.294 e. The first kappa shape index (κ1) is 37.9. The van der Waals surface area contributed by atoms with Gasteiger partial charge in [0.2, 0.25) is 0 Å². The van der Waals surface area contributed by atoms with Crippen LogP contribution < -0.4 is 15.9 Å². The topological polar surface area (TPSA) is 115 Å². The minimum atomic E-state index is -4.42. The van der Waals surface area contributed by atoms with Crippen molar-refractivity contribution in [3.8, 4) is 0 Å². The predicted molar refractivity (Wildman–Crippen MR) is 177 cm³/mol. The molecule has 0 spiro atoms. The molecule has 8 nitrogen and oxygen atoms in total. The van der Waals surface area contributed by atoms with Crippen LogP contribution >= 0.6 is 7.92 Å². The Labute approximate surface area is 255 Å². The number of rotatable bonds is 7. The molecular weight excluding hydrogens is 591 g/mol. The first-order valence-corrected chi connectivity index (χ1v) is 17.8. The summed E-state index contributed by atoms with van der Waals surface area (Å²) in [6, 6.07) is 17.7. The van der Waals surface area contributed by atoms with E-state index in [9.17, 15) is 25.9 Å². The predicted octanol–water partition coefficient (Wildman–Crippen LogP) is 4.78. The average Bonchev–Trinajstić information content (AvgIpc) is 2.86. The van der Waals surface area contributed by atoms with E-state index in [1.54, 1.807) is 12.1 Å². The van der Waals surface area contributed by atoms with Gasteiger partial charge in [-0.3, -0.25) is 9.11 Å². The second-order valence-electron chi connectivity index (χ2n) is 11.1. The monoisotopic (exact) mass is 638 g/mol. The van der Waals surface area contributed by atoms with Crippen LogP contribution in [0.1, 0.15) is 44.4 Å². The van der Waals surface area contributed by atoms with Gasteiger partial charge in [0, 0.05) is 12.1 Å². The fourth-order valence-corrected chi connectivity index (χ4v) is 7.20. The molecule has 0 aliphatic rings. The van der Waals surface area contributed by atoms with Crippen LogP contribution in [0.5, 0.6) is 0 Å².